The maximum Gasteiger partial charge on any atom is 0.326 e. The molecule has 0 spiro atoms. The van der Waals surface area contributed by atoms with Gasteiger partial charge in [-0.2, -0.15) is 0 Å². The summed E-state index contributed by atoms with van der Waals surface area (Å²) in [6, 6.07) is -1.13. The number of carbonyl (C=O) groups is 2. The Bertz CT molecular complexity index is 454. The van der Waals surface area contributed by atoms with Gasteiger partial charge in [-0.3, -0.25) is 9.89 Å². The largest absolute Gasteiger partial charge is 0.480 e. The van der Waals surface area contributed by atoms with E-state index in [-0.39, 0.29) is 18.9 Å². The second-order valence-corrected chi connectivity index (χ2v) is 4.20. The summed E-state index contributed by atoms with van der Waals surface area (Å²) in [6.07, 6.45) is 2.00. The molecule has 4 N–H and O–H groups in total. The van der Waals surface area contributed by atoms with E-state index in [9.17, 15) is 9.59 Å². The second kappa shape index (κ2) is 5.13. The molecule has 0 radical (unpaired) electrons. The van der Waals surface area contributed by atoms with Crippen LogP contribution in [-0.4, -0.2) is 49.9 Å². The van der Waals surface area contributed by atoms with Crippen molar-refractivity contribution >= 4 is 11.9 Å². The van der Waals surface area contributed by atoms with Crippen molar-refractivity contribution in [2.45, 2.75) is 31.2 Å². The first-order valence-electron chi connectivity index (χ1n) is 5.68. The van der Waals surface area contributed by atoms with Gasteiger partial charge in [-0.05, 0) is 12.8 Å². The highest BCUT2D eigenvalue weighted by molar-refractivity contribution is 5.93. The molecule has 1 aliphatic carbocycles. The number of aliphatic carboxylic acids is 1. The van der Waals surface area contributed by atoms with Crippen LogP contribution in [0.4, 0.5) is 0 Å². The van der Waals surface area contributed by atoms with Crippen LogP contribution < -0.4 is 5.32 Å². The lowest BCUT2D eigenvalue weighted by molar-refractivity contribution is -0.139. The smallest absolute Gasteiger partial charge is 0.326 e. The fraction of sp³-hybridized carbons (Fsp3) is 0.600. The molecule has 0 saturated heterocycles. The molecule has 1 heterocycles. The quantitative estimate of drug-likeness (QED) is 0.528. The maximum absolute atomic E-state index is 11.7. The first-order chi connectivity index (χ1) is 8.61. The molecule has 18 heavy (non-hydrogen) atoms. The van der Waals surface area contributed by atoms with Crippen molar-refractivity contribution in [1.29, 1.82) is 0 Å². The third kappa shape index (κ3) is 2.83. The number of carboxylic acids is 1. The summed E-state index contributed by atoms with van der Waals surface area (Å²) in [5, 5.41) is 26.2. The van der Waals surface area contributed by atoms with Gasteiger partial charge in [0.2, 0.25) is 5.82 Å². The van der Waals surface area contributed by atoms with Gasteiger partial charge in [0.05, 0.1) is 0 Å². The van der Waals surface area contributed by atoms with Crippen LogP contribution in [-0.2, 0) is 4.79 Å². The van der Waals surface area contributed by atoms with Crippen LogP contribution in [0.3, 0.4) is 0 Å². The van der Waals surface area contributed by atoms with Gasteiger partial charge in [-0.1, -0.05) is 0 Å². The van der Waals surface area contributed by atoms with Crippen LogP contribution >= 0.6 is 0 Å². The van der Waals surface area contributed by atoms with E-state index in [1.165, 1.54) is 0 Å². The number of nitrogens with zero attached hydrogens (tertiary/aromatic N) is 2. The normalized spacial score (nSPS) is 16.3. The summed E-state index contributed by atoms with van der Waals surface area (Å²) in [5.74, 6) is -0.920. The summed E-state index contributed by atoms with van der Waals surface area (Å²) in [4.78, 5) is 26.5. The van der Waals surface area contributed by atoms with E-state index in [0.29, 0.717) is 11.7 Å². The van der Waals surface area contributed by atoms with Gasteiger partial charge in [0, 0.05) is 18.9 Å². The van der Waals surface area contributed by atoms with Crippen molar-refractivity contribution < 1.29 is 19.8 Å². The van der Waals surface area contributed by atoms with E-state index in [1.807, 2.05) is 0 Å². The van der Waals surface area contributed by atoms with Crippen molar-refractivity contribution in [2.75, 3.05) is 6.61 Å². The maximum atomic E-state index is 11.7. The minimum atomic E-state index is -1.20. The Labute approximate surface area is 102 Å². The number of amides is 1. The van der Waals surface area contributed by atoms with Gasteiger partial charge in [-0.25, -0.2) is 9.78 Å². The van der Waals surface area contributed by atoms with E-state index in [4.69, 9.17) is 10.2 Å². The van der Waals surface area contributed by atoms with Crippen molar-refractivity contribution in [2.24, 2.45) is 0 Å². The molecule has 0 aromatic carbocycles. The molecular weight excluding hydrogens is 240 g/mol. The van der Waals surface area contributed by atoms with Gasteiger partial charge in [0.25, 0.3) is 5.91 Å². The number of nitrogens with one attached hydrogen (secondary N) is 2. The number of hydrogen-bond acceptors (Lipinski definition) is 5. The highest BCUT2D eigenvalue weighted by Gasteiger charge is 2.29. The van der Waals surface area contributed by atoms with Gasteiger partial charge in [0.15, 0.2) is 0 Å². The Morgan fingerprint density at radius 2 is 2.22 bits per heavy atom. The zero-order chi connectivity index (χ0) is 13.1. The molecule has 8 heteroatoms. The summed E-state index contributed by atoms with van der Waals surface area (Å²) in [7, 11) is 0. The second-order valence-electron chi connectivity index (χ2n) is 4.20. The van der Waals surface area contributed by atoms with Crippen molar-refractivity contribution in [3.05, 3.63) is 11.6 Å². The molecule has 2 rings (SSSR count). The Hall–Kier alpha value is -1.96. The van der Waals surface area contributed by atoms with E-state index < -0.39 is 17.9 Å². The number of aromatic amines is 1. The van der Waals surface area contributed by atoms with Gasteiger partial charge in [-0.15, -0.1) is 5.10 Å². The number of hydrogen-bond donors (Lipinski definition) is 4. The Kier molecular flexibility index (Phi) is 3.56. The summed E-state index contributed by atoms with van der Waals surface area (Å²) in [6.45, 7) is -0.321. The standard InChI is InChI=1S/C10H14N4O4/c15-4-3-6(10(17)18)11-9(16)8-12-7(13-14-8)5-1-2-5/h5-6,15H,1-4H2,(H,11,16)(H,17,18)(H,12,13,14). The topological polar surface area (TPSA) is 128 Å². The Morgan fingerprint density at radius 1 is 1.50 bits per heavy atom. The molecule has 1 saturated carbocycles. The SMILES string of the molecule is O=C(NC(CCO)C(=O)O)c1n[nH]c(C2CC2)n1. The molecule has 1 aliphatic rings. The van der Waals surface area contributed by atoms with E-state index >= 15 is 0 Å². The molecule has 1 aromatic rings. The Balaban J connectivity index is 1.98. The molecule has 1 aromatic heterocycles. The fourth-order valence-electron chi connectivity index (χ4n) is 1.52. The highest BCUT2D eigenvalue weighted by atomic mass is 16.4. The third-order valence-corrected chi connectivity index (χ3v) is 2.69. The molecule has 1 atom stereocenters. The Morgan fingerprint density at radius 3 is 2.78 bits per heavy atom. The first-order valence-corrected chi connectivity index (χ1v) is 5.68. The summed E-state index contributed by atoms with van der Waals surface area (Å²) in [5.41, 5.74) is 0. The third-order valence-electron chi connectivity index (χ3n) is 2.69. The lowest BCUT2D eigenvalue weighted by atomic mass is 10.2. The monoisotopic (exact) mass is 254 g/mol. The lowest BCUT2D eigenvalue weighted by Gasteiger charge is -2.11. The zero-order valence-corrected chi connectivity index (χ0v) is 9.59. The van der Waals surface area contributed by atoms with Crippen LogP contribution in [0.25, 0.3) is 0 Å². The predicted molar refractivity (Wildman–Crippen MR) is 59.0 cm³/mol. The minimum absolute atomic E-state index is 0.0546. The van der Waals surface area contributed by atoms with Crippen LogP contribution in [0.15, 0.2) is 0 Å². The summed E-state index contributed by atoms with van der Waals surface area (Å²) < 4.78 is 0. The van der Waals surface area contributed by atoms with E-state index in [1.54, 1.807) is 0 Å². The molecule has 98 valence electrons. The van der Waals surface area contributed by atoms with Crippen molar-refractivity contribution in [3.8, 4) is 0 Å². The number of H-pyrrole nitrogens is 1. The number of carbonyl (C=O) groups excluding carboxylic acids is 1. The average Bonchev–Trinajstić information content (AvgIpc) is 3.06. The van der Waals surface area contributed by atoms with Crippen LogP contribution in [0.2, 0.25) is 0 Å². The molecule has 1 amide bonds. The summed E-state index contributed by atoms with van der Waals surface area (Å²) >= 11 is 0. The van der Waals surface area contributed by atoms with Crippen LogP contribution in [0.5, 0.6) is 0 Å². The number of aliphatic hydroxyl groups is 1. The molecule has 1 fully saturated rings. The molecule has 0 bridgehead atoms. The van der Waals surface area contributed by atoms with E-state index in [0.717, 1.165) is 12.8 Å². The highest BCUT2D eigenvalue weighted by Crippen LogP contribution is 2.37. The lowest BCUT2D eigenvalue weighted by Crippen LogP contribution is -2.41. The predicted octanol–water partition coefficient (Wildman–Crippen LogP) is -0.753. The fourth-order valence-corrected chi connectivity index (χ4v) is 1.52. The average molecular weight is 254 g/mol. The van der Waals surface area contributed by atoms with Crippen molar-refractivity contribution in [3.63, 3.8) is 0 Å². The number of rotatable bonds is 6. The van der Waals surface area contributed by atoms with Crippen LogP contribution in [0.1, 0.15) is 41.6 Å². The number of carboxylic acid groups (broad SMARTS) is 1. The first kappa shape index (κ1) is 12.5. The molecule has 8 nitrogen and oxygen atoms in total. The zero-order valence-electron chi connectivity index (χ0n) is 9.59. The van der Waals surface area contributed by atoms with E-state index in [2.05, 4.69) is 20.5 Å². The number of aromatic nitrogens is 3. The minimum Gasteiger partial charge on any atom is -0.480 e. The van der Waals surface area contributed by atoms with Gasteiger partial charge < -0.3 is 15.5 Å². The van der Waals surface area contributed by atoms with Gasteiger partial charge >= 0.3 is 5.97 Å². The van der Waals surface area contributed by atoms with Crippen LogP contribution in [0, 0.1) is 0 Å². The molecular formula is C10H14N4O4. The van der Waals surface area contributed by atoms with Gasteiger partial charge in [0.1, 0.15) is 11.9 Å². The molecule has 0 aliphatic heterocycles. The number of aliphatic hydroxyl groups excluding tert-OH is 1. The van der Waals surface area contributed by atoms with Crippen molar-refractivity contribution in [1.82, 2.24) is 20.5 Å². The molecule has 1 unspecified atom stereocenters.